The van der Waals surface area contributed by atoms with Gasteiger partial charge in [0.25, 0.3) is 5.91 Å². The third-order valence-electron chi connectivity index (χ3n) is 3.32. The van der Waals surface area contributed by atoms with Crippen molar-refractivity contribution in [3.8, 4) is 0 Å². The number of carbonyl (C=O) groups is 1. The fourth-order valence-electron chi connectivity index (χ4n) is 2.26. The van der Waals surface area contributed by atoms with Gasteiger partial charge in [-0.3, -0.25) is 9.78 Å². The summed E-state index contributed by atoms with van der Waals surface area (Å²) in [7, 11) is 3.48. The second-order valence-corrected chi connectivity index (χ2v) is 5.96. The zero-order valence-electron chi connectivity index (χ0n) is 12.5. The minimum atomic E-state index is 0.0175. The molecule has 1 amide bonds. The van der Waals surface area contributed by atoms with E-state index in [-0.39, 0.29) is 5.91 Å². The van der Waals surface area contributed by atoms with Gasteiger partial charge in [-0.25, -0.2) is 0 Å². The van der Waals surface area contributed by atoms with Crippen LogP contribution in [0.25, 0.3) is 10.9 Å². The number of hydrogen-bond donors (Lipinski definition) is 0. The van der Waals surface area contributed by atoms with Crippen molar-refractivity contribution in [1.29, 1.82) is 0 Å². The molecule has 0 saturated carbocycles. The van der Waals surface area contributed by atoms with E-state index in [1.807, 2.05) is 38.2 Å². The van der Waals surface area contributed by atoms with Gasteiger partial charge in [-0.15, -0.1) is 0 Å². The van der Waals surface area contributed by atoms with Crippen molar-refractivity contribution in [2.75, 3.05) is 27.3 Å². The van der Waals surface area contributed by atoms with Crippen molar-refractivity contribution < 1.29 is 9.53 Å². The molecule has 0 radical (unpaired) electrons. The highest BCUT2D eigenvalue weighted by Crippen LogP contribution is 2.23. The molecule has 112 valence electrons. The number of rotatable bonds is 5. The number of nitrogens with zero attached hydrogens (tertiary/aromatic N) is 2. The van der Waals surface area contributed by atoms with Crippen LogP contribution in [0, 0.1) is 6.92 Å². The summed E-state index contributed by atoms with van der Waals surface area (Å²) >= 11 is 3.44. The molecular weight excluding hydrogens is 332 g/mol. The number of hydrogen-bond acceptors (Lipinski definition) is 3. The predicted octanol–water partition coefficient (Wildman–Crippen LogP) is 3.41. The first kappa shape index (κ1) is 15.9. The van der Waals surface area contributed by atoms with Crippen molar-refractivity contribution in [3.63, 3.8) is 0 Å². The van der Waals surface area contributed by atoms with Crippen LogP contribution in [0.2, 0.25) is 0 Å². The number of fused-ring (bicyclic) bond motifs is 1. The average Bonchev–Trinajstić information content (AvgIpc) is 2.45. The molecule has 2 rings (SSSR count). The first-order valence-corrected chi connectivity index (χ1v) is 7.63. The average molecular weight is 351 g/mol. The first-order chi connectivity index (χ1) is 10.0. The highest BCUT2D eigenvalue weighted by molar-refractivity contribution is 9.10. The lowest BCUT2D eigenvalue weighted by molar-refractivity contribution is 0.0781. The summed E-state index contributed by atoms with van der Waals surface area (Å²) in [5.41, 5.74) is 2.37. The fraction of sp³-hybridized carbons (Fsp3) is 0.375. The van der Waals surface area contributed by atoms with E-state index in [1.54, 1.807) is 12.0 Å². The van der Waals surface area contributed by atoms with Gasteiger partial charge >= 0.3 is 0 Å². The second-order valence-electron chi connectivity index (χ2n) is 5.05. The van der Waals surface area contributed by atoms with E-state index in [1.165, 1.54) is 0 Å². The molecule has 1 aromatic heterocycles. The Kier molecular flexibility index (Phi) is 5.31. The van der Waals surface area contributed by atoms with Crippen LogP contribution >= 0.6 is 15.9 Å². The Bertz CT molecular complexity index is 653. The number of ether oxygens (including phenoxy) is 1. The van der Waals surface area contributed by atoms with E-state index < -0.39 is 0 Å². The topological polar surface area (TPSA) is 42.4 Å². The Morgan fingerprint density at radius 2 is 2.14 bits per heavy atom. The van der Waals surface area contributed by atoms with Crippen LogP contribution in [-0.4, -0.2) is 43.1 Å². The normalized spacial score (nSPS) is 10.9. The predicted molar refractivity (Wildman–Crippen MR) is 87.6 cm³/mol. The number of aryl methyl sites for hydroxylation is 1. The second kappa shape index (κ2) is 7.00. The molecule has 0 spiro atoms. The Balaban J connectivity index is 2.34. The standard InChI is InChI=1S/C16H19BrN2O2/c1-11-9-14(16(20)19(2)7-4-8-21-3)13-6-5-12(17)10-15(13)18-11/h5-6,9-10H,4,7-8H2,1-3H3. The lowest BCUT2D eigenvalue weighted by atomic mass is 10.1. The van der Waals surface area contributed by atoms with Crippen LogP contribution in [0.1, 0.15) is 22.5 Å². The molecule has 4 nitrogen and oxygen atoms in total. The molecule has 5 heteroatoms. The zero-order valence-corrected chi connectivity index (χ0v) is 14.1. The summed E-state index contributed by atoms with van der Waals surface area (Å²) in [5, 5.41) is 0.882. The van der Waals surface area contributed by atoms with E-state index in [2.05, 4.69) is 20.9 Å². The number of methoxy groups -OCH3 is 1. The molecule has 0 saturated heterocycles. The number of pyridine rings is 1. The van der Waals surface area contributed by atoms with Gasteiger partial charge in [0.05, 0.1) is 11.1 Å². The molecule has 0 aliphatic heterocycles. The van der Waals surface area contributed by atoms with Gasteiger partial charge in [0.15, 0.2) is 0 Å². The van der Waals surface area contributed by atoms with Gasteiger partial charge in [-0.1, -0.05) is 22.0 Å². The molecule has 2 aromatic rings. The summed E-state index contributed by atoms with van der Waals surface area (Å²) < 4.78 is 5.99. The van der Waals surface area contributed by atoms with Crippen LogP contribution in [0.3, 0.4) is 0 Å². The van der Waals surface area contributed by atoms with Gasteiger partial charge in [-0.2, -0.15) is 0 Å². The molecule has 1 heterocycles. The number of amides is 1. The molecule has 1 aromatic carbocycles. The van der Waals surface area contributed by atoms with Crippen LogP contribution in [0.5, 0.6) is 0 Å². The summed E-state index contributed by atoms with van der Waals surface area (Å²) in [6.07, 6.45) is 0.826. The molecular formula is C16H19BrN2O2. The Morgan fingerprint density at radius 1 is 1.38 bits per heavy atom. The third kappa shape index (κ3) is 3.80. The Hall–Kier alpha value is -1.46. The zero-order chi connectivity index (χ0) is 15.4. The van der Waals surface area contributed by atoms with Gasteiger partial charge in [0.1, 0.15) is 0 Å². The number of benzene rings is 1. The minimum absolute atomic E-state index is 0.0175. The highest BCUT2D eigenvalue weighted by Gasteiger charge is 2.16. The van der Waals surface area contributed by atoms with E-state index in [0.29, 0.717) is 18.7 Å². The van der Waals surface area contributed by atoms with Crippen LogP contribution in [-0.2, 0) is 4.74 Å². The maximum absolute atomic E-state index is 12.6. The Morgan fingerprint density at radius 3 is 2.86 bits per heavy atom. The molecule has 0 atom stereocenters. The maximum atomic E-state index is 12.6. The lowest BCUT2D eigenvalue weighted by Gasteiger charge is -2.18. The summed E-state index contributed by atoms with van der Waals surface area (Å²) in [6, 6.07) is 7.65. The van der Waals surface area contributed by atoms with E-state index in [0.717, 1.165) is 27.5 Å². The minimum Gasteiger partial charge on any atom is -0.385 e. The van der Waals surface area contributed by atoms with E-state index >= 15 is 0 Å². The van der Waals surface area contributed by atoms with Crippen molar-refractivity contribution >= 4 is 32.7 Å². The van der Waals surface area contributed by atoms with Gasteiger partial charge < -0.3 is 9.64 Å². The van der Waals surface area contributed by atoms with Crippen molar-refractivity contribution in [1.82, 2.24) is 9.88 Å². The van der Waals surface area contributed by atoms with Crippen LogP contribution in [0.4, 0.5) is 0 Å². The largest absolute Gasteiger partial charge is 0.385 e. The van der Waals surface area contributed by atoms with Crippen molar-refractivity contribution in [2.24, 2.45) is 0 Å². The monoisotopic (exact) mass is 350 g/mol. The fourth-order valence-corrected chi connectivity index (χ4v) is 2.61. The molecule has 21 heavy (non-hydrogen) atoms. The van der Waals surface area contributed by atoms with E-state index in [4.69, 9.17) is 4.74 Å². The molecule has 0 N–H and O–H groups in total. The molecule has 0 fully saturated rings. The molecule has 0 aliphatic rings. The van der Waals surface area contributed by atoms with Crippen molar-refractivity contribution in [3.05, 3.63) is 40.0 Å². The third-order valence-corrected chi connectivity index (χ3v) is 3.81. The van der Waals surface area contributed by atoms with Crippen molar-refractivity contribution in [2.45, 2.75) is 13.3 Å². The van der Waals surface area contributed by atoms with E-state index in [9.17, 15) is 4.79 Å². The highest BCUT2D eigenvalue weighted by atomic mass is 79.9. The summed E-state index contributed by atoms with van der Waals surface area (Å²) in [5.74, 6) is 0.0175. The van der Waals surface area contributed by atoms with Gasteiger partial charge in [0.2, 0.25) is 0 Å². The first-order valence-electron chi connectivity index (χ1n) is 6.84. The SMILES string of the molecule is COCCCN(C)C(=O)c1cc(C)nc2cc(Br)ccc12. The molecule has 0 aliphatic carbocycles. The number of halogens is 1. The number of aromatic nitrogens is 1. The Labute approximate surface area is 133 Å². The quantitative estimate of drug-likeness (QED) is 0.776. The molecule has 0 bridgehead atoms. The summed E-state index contributed by atoms with van der Waals surface area (Å²) in [4.78, 5) is 18.9. The lowest BCUT2D eigenvalue weighted by Crippen LogP contribution is -2.28. The molecule has 0 unspecified atom stereocenters. The van der Waals surface area contributed by atoms with Gasteiger partial charge in [0, 0.05) is 42.9 Å². The number of carbonyl (C=O) groups excluding carboxylic acids is 1. The smallest absolute Gasteiger partial charge is 0.254 e. The van der Waals surface area contributed by atoms with Crippen LogP contribution in [0.15, 0.2) is 28.7 Å². The summed E-state index contributed by atoms with van der Waals surface area (Å²) in [6.45, 7) is 3.23. The maximum Gasteiger partial charge on any atom is 0.254 e. The van der Waals surface area contributed by atoms with Crippen LogP contribution < -0.4 is 0 Å². The van der Waals surface area contributed by atoms with Gasteiger partial charge in [-0.05, 0) is 31.5 Å².